The lowest BCUT2D eigenvalue weighted by Crippen LogP contribution is -2.13. The minimum absolute atomic E-state index is 0.494. The lowest BCUT2D eigenvalue weighted by molar-refractivity contribution is 0.601. The molecule has 0 amide bonds. The maximum Gasteiger partial charge on any atom is 0.148 e. The van der Waals surface area contributed by atoms with Gasteiger partial charge in [0, 0.05) is 15.5 Å². The predicted molar refractivity (Wildman–Crippen MR) is 28.8 cm³/mol. The fourth-order valence-corrected chi connectivity index (χ4v) is 0.454. The average Bonchev–Trinajstić information content (AvgIpc) is 1.64. The fourth-order valence-electron chi connectivity index (χ4n) is 0.151. The Labute approximate surface area is 46.2 Å². The Morgan fingerprint density at radius 2 is 2.29 bits per heavy atom. The van der Waals surface area contributed by atoms with E-state index in [1.165, 1.54) is 0 Å². The van der Waals surface area contributed by atoms with Crippen LogP contribution in [0, 0.1) is 0 Å². The first-order chi connectivity index (χ1) is 3.81. The molecule has 0 saturated heterocycles. The van der Waals surface area contributed by atoms with E-state index in [4.69, 9.17) is 8.48 Å². The third kappa shape index (κ3) is 5.91. The van der Waals surface area contributed by atoms with Crippen LogP contribution in [0.25, 0.3) is 0 Å². The first-order valence-corrected chi connectivity index (χ1v) is 3.60. The standard InChI is InChI=1S/C3H9NO2S/c1-7(5,6)3-2-4/h2-4H2,1H3/i3D2. The molecule has 0 aliphatic heterocycles. The molecule has 0 aliphatic carbocycles. The molecular formula is C3H9NO2S. The molecule has 7 heavy (non-hydrogen) atoms. The minimum atomic E-state index is -3.64. The molecule has 0 rings (SSSR count). The first kappa shape index (κ1) is 3.86. The molecule has 4 heteroatoms. The molecule has 44 valence electrons. The van der Waals surface area contributed by atoms with Crippen molar-refractivity contribution in [2.45, 2.75) is 0 Å². The summed E-state index contributed by atoms with van der Waals surface area (Å²) in [5.74, 6) is 0. The van der Waals surface area contributed by atoms with Crippen molar-refractivity contribution in [2.75, 3.05) is 18.5 Å². The van der Waals surface area contributed by atoms with Crippen LogP contribution in [-0.2, 0) is 9.84 Å². The first-order valence-electron chi connectivity index (χ1n) is 2.71. The number of sulfone groups is 1. The van der Waals surface area contributed by atoms with Crippen molar-refractivity contribution in [3.8, 4) is 0 Å². The molecule has 3 nitrogen and oxygen atoms in total. The summed E-state index contributed by atoms with van der Waals surface area (Å²) in [4.78, 5) is 0. The number of rotatable bonds is 2. The van der Waals surface area contributed by atoms with Gasteiger partial charge in [-0.1, -0.05) is 0 Å². The minimum Gasteiger partial charge on any atom is -0.329 e. The number of hydrogen-bond acceptors (Lipinski definition) is 3. The summed E-state index contributed by atoms with van der Waals surface area (Å²) in [7, 11) is -3.64. The Morgan fingerprint density at radius 1 is 1.86 bits per heavy atom. The van der Waals surface area contributed by atoms with Crippen LogP contribution in [0.1, 0.15) is 2.74 Å². The van der Waals surface area contributed by atoms with E-state index in [-0.39, 0.29) is 0 Å². The van der Waals surface area contributed by atoms with Crippen LogP contribution in [0.5, 0.6) is 0 Å². The van der Waals surface area contributed by atoms with E-state index in [1.807, 2.05) is 0 Å². The van der Waals surface area contributed by atoms with Gasteiger partial charge in [-0.05, 0) is 0 Å². The molecule has 0 aromatic rings. The van der Waals surface area contributed by atoms with E-state index < -0.39 is 22.1 Å². The van der Waals surface area contributed by atoms with Gasteiger partial charge in [-0.25, -0.2) is 8.42 Å². The third-order valence-electron chi connectivity index (χ3n) is 0.346. The van der Waals surface area contributed by atoms with E-state index in [9.17, 15) is 8.42 Å². The van der Waals surface area contributed by atoms with E-state index in [0.717, 1.165) is 6.26 Å². The molecule has 0 saturated carbocycles. The second-order valence-corrected chi connectivity index (χ2v) is 2.95. The summed E-state index contributed by atoms with van der Waals surface area (Å²) in [6.45, 7) is -0.494. The van der Waals surface area contributed by atoms with Crippen molar-refractivity contribution in [3.05, 3.63) is 0 Å². The molecule has 0 aromatic heterocycles. The van der Waals surface area contributed by atoms with Gasteiger partial charge in [0.25, 0.3) is 0 Å². The molecule has 2 N–H and O–H groups in total. The normalized spacial score (nSPS) is 18.0. The van der Waals surface area contributed by atoms with Crippen LogP contribution in [0.2, 0.25) is 0 Å². The molecule has 0 fully saturated rings. The molecule has 0 aromatic carbocycles. The number of nitrogens with two attached hydrogens (primary N) is 1. The summed E-state index contributed by atoms with van der Waals surface area (Å²) in [6, 6.07) is 0. The number of hydrogen-bond donors (Lipinski definition) is 1. The largest absolute Gasteiger partial charge is 0.329 e. The van der Waals surface area contributed by atoms with Gasteiger partial charge in [0.2, 0.25) is 0 Å². The van der Waals surface area contributed by atoms with Gasteiger partial charge in [-0.15, -0.1) is 0 Å². The molecule has 0 aliphatic rings. The maximum absolute atomic E-state index is 10.4. The summed E-state index contributed by atoms with van der Waals surface area (Å²) in [5.41, 5.74) is 2.57. The highest BCUT2D eigenvalue weighted by Crippen LogP contribution is 1.75. The van der Waals surface area contributed by atoms with Crippen molar-refractivity contribution in [1.29, 1.82) is 0 Å². The molecular weight excluding hydrogens is 114 g/mol. The zero-order chi connectivity index (χ0) is 7.71. The van der Waals surface area contributed by atoms with E-state index in [2.05, 4.69) is 0 Å². The van der Waals surface area contributed by atoms with Crippen molar-refractivity contribution in [3.63, 3.8) is 0 Å². The van der Waals surface area contributed by atoms with Gasteiger partial charge in [0.05, 0.1) is 5.70 Å². The third-order valence-corrected chi connectivity index (χ3v) is 1.04. The lowest BCUT2D eigenvalue weighted by atomic mass is 10.8. The molecule has 0 radical (unpaired) electrons. The van der Waals surface area contributed by atoms with E-state index in [0.29, 0.717) is 0 Å². The zero-order valence-electron chi connectivity index (χ0n) is 6.01. The topological polar surface area (TPSA) is 60.2 Å². The molecule has 0 heterocycles. The smallest absolute Gasteiger partial charge is 0.148 e. The Hall–Kier alpha value is -0.0900. The fraction of sp³-hybridized carbons (Fsp3) is 1.00. The van der Waals surface area contributed by atoms with Crippen LogP contribution in [0.3, 0.4) is 0 Å². The average molecular weight is 125 g/mol. The van der Waals surface area contributed by atoms with Gasteiger partial charge in [0.1, 0.15) is 9.84 Å². The van der Waals surface area contributed by atoms with Crippen LogP contribution >= 0.6 is 0 Å². The van der Waals surface area contributed by atoms with Crippen LogP contribution in [-0.4, -0.2) is 26.9 Å². The highest BCUT2D eigenvalue weighted by atomic mass is 32.2. The maximum atomic E-state index is 10.4. The van der Waals surface area contributed by atoms with E-state index in [1.54, 1.807) is 0 Å². The second-order valence-electron chi connectivity index (χ2n) is 1.12. The van der Waals surface area contributed by atoms with Crippen LogP contribution in [0.4, 0.5) is 0 Å². The zero-order valence-corrected chi connectivity index (χ0v) is 4.83. The van der Waals surface area contributed by atoms with Crippen molar-refractivity contribution in [1.82, 2.24) is 0 Å². The Bertz CT molecular complexity index is 186. The Balaban J connectivity index is 4.56. The van der Waals surface area contributed by atoms with Crippen molar-refractivity contribution in [2.24, 2.45) is 5.73 Å². The van der Waals surface area contributed by atoms with Gasteiger partial charge in [-0.2, -0.15) is 0 Å². The molecule has 0 unspecified atom stereocenters. The Kier molecular flexibility index (Phi) is 1.25. The Morgan fingerprint density at radius 3 is 2.29 bits per heavy atom. The molecule has 0 spiro atoms. The van der Waals surface area contributed by atoms with Gasteiger partial charge in [-0.3, -0.25) is 0 Å². The van der Waals surface area contributed by atoms with Crippen LogP contribution in [0.15, 0.2) is 0 Å². The summed E-state index contributed by atoms with van der Waals surface area (Å²) in [6.07, 6.45) is 0.819. The molecule has 0 atom stereocenters. The van der Waals surface area contributed by atoms with Gasteiger partial charge >= 0.3 is 0 Å². The van der Waals surface area contributed by atoms with E-state index >= 15 is 0 Å². The predicted octanol–water partition coefficient (Wildman–Crippen LogP) is -1.01. The summed E-state index contributed by atoms with van der Waals surface area (Å²) in [5, 5.41) is 0. The molecule has 0 bridgehead atoms. The monoisotopic (exact) mass is 125 g/mol. The highest BCUT2D eigenvalue weighted by molar-refractivity contribution is 7.90. The van der Waals surface area contributed by atoms with Gasteiger partial charge < -0.3 is 5.73 Å². The summed E-state index contributed by atoms with van der Waals surface area (Å²) >= 11 is 0. The second kappa shape index (κ2) is 2.28. The van der Waals surface area contributed by atoms with Crippen molar-refractivity contribution < 1.29 is 11.2 Å². The van der Waals surface area contributed by atoms with Crippen LogP contribution < -0.4 is 5.73 Å². The van der Waals surface area contributed by atoms with Gasteiger partial charge in [0.15, 0.2) is 0 Å². The highest BCUT2D eigenvalue weighted by Gasteiger charge is 1.95. The lowest BCUT2D eigenvalue weighted by Gasteiger charge is -1.87. The SMILES string of the molecule is [2H]C([2H])(CN)S(C)(=O)=O. The quantitative estimate of drug-likeness (QED) is 0.514. The van der Waals surface area contributed by atoms with Crippen molar-refractivity contribution >= 4 is 9.84 Å². The summed E-state index contributed by atoms with van der Waals surface area (Å²) < 4.78 is 34.4.